The first-order valence-electron chi connectivity index (χ1n) is 5.89. The van der Waals surface area contributed by atoms with Crippen LogP contribution in [0.4, 0.5) is 0 Å². The van der Waals surface area contributed by atoms with E-state index in [0.29, 0.717) is 12.0 Å². The first-order valence-corrected chi connectivity index (χ1v) is 5.89. The number of rotatable bonds is 1. The molecule has 1 aromatic carbocycles. The number of esters is 1. The fourth-order valence-electron chi connectivity index (χ4n) is 2.58. The number of carbonyl (C=O) groups excluding carboxylic acids is 2. The second-order valence-electron chi connectivity index (χ2n) is 4.57. The molecule has 19 heavy (non-hydrogen) atoms. The molecule has 0 spiro atoms. The zero-order valence-corrected chi connectivity index (χ0v) is 9.91. The van der Waals surface area contributed by atoms with Crippen molar-refractivity contribution >= 4 is 17.8 Å². The van der Waals surface area contributed by atoms with Gasteiger partial charge in [-0.1, -0.05) is 18.2 Å². The summed E-state index contributed by atoms with van der Waals surface area (Å²) in [6.07, 6.45) is 0.296. The van der Waals surface area contributed by atoms with Crippen LogP contribution in [-0.4, -0.2) is 46.5 Å². The smallest absolute Gasteiger partial charge is 0.330 e. The highest BCUT2D eigenvalue weighted by Crippen LogP contribution is 2.28. The lowest BCUT2D eigenvalue weighted by Crippen LogP contribution is -2.62. The van der Waals surface area contributed by atoms with Crippen LogP contribution >= 0.6 is 0 Å². The molecule has 6 heteroatoms. The number of cyclic esters (lactones) is 1. The molecule has 0 aromatic heterocycles. The van der Waals surface area contributed by atoms with Crippen LogP contribution in [0.1, 0.15) is 15.9 Å². The van der Waals surface area contributed by atoms with Gasteiger partial charge in [0, 0.05) is 12.0 Å². The molecule has 0 aliphatic carbocycles. The monoisotopic (exact) mass is 261 g/mol. The summed E-state index contributed by atoms with van der Waals surface area (Å²) in [5.74, 6) is -2.12. The SMILES string of the molecule is O=C(O)[C@H]1COC(=O)[C@H]2Cc3ccccc3C(=O)N12. The Morgan fingerprint density at radius 3 is 2.79 bits per heavy atom. The third kappa shape index (κ3) is 1.68. The van der Waals surface area contributed by atoms with Gasteiger partial charge in [-0.15, -0.1) is 0 Å². The van der Waals surface area contributed by atoms with E-state index in [1.807, 2.05) is 0 Å². The van der Waals surface area contributed by atoms with Crippen LogP contribution in [0, 0.1) is 0 Å². The lowest BCUT2D eigenvalue weighted by molar-refractivity contribution is -0.167. The number of hydrogen-bond donors (Lipinski definition) is 1. The van der Waals surface area contributed by atoms with Gasteiger partial charge in [0.05, 0.1) is 0 Å². The van der Waals surface area contributed by atoms with Gasteiger partial charge in [-0.05, 0) is 11.6 Å². The van der Waals surface area contributed by atoms with Crippen molar-refractivity contribution in [3.63, 3.8) is 0 Å². The third-order valence-corrected chi connectivity index (χ3v) is 3.51. The van der Waals surface area contributed by atoms with Crippen LogP contribution in [0.5, 0.6) is 0 Å². The molecule has 1 aromatic rings. The minimum Gasteiger partial charge on any atom is -0.480 e. The van der Waals surface area contributed by atoms with Gasteiger partial charge in [-0.25, -0.2) is 9.59 Å². The molecule has 1 fully saturated rings. The van der Waals surface area contributed by atoms with Gasteiger partial charge in [-0.3, -0.25) is 4.79 Å². The number of morpholine rings is 1. The van der Waals surface area contributed by atoms with E-state index in [2.05, 4.69) is 0 Å². The Morgan fingerprint density at radius 2 is 2.05 bits per heavy atom. The van der Waals surface area contributed by atoms with Crippen molar-refractivity contribution in [3.8, 4) is 0 Å². The van der Waals surface area contributed by atoms with Crippen LogP contribution in [-0.2, 0) is 20.7 Å². The third-order valence-electron chi connectivity index (χ3n) is 3.51. The van der Waals surface area contributed by atoms with Gasteiger partial charge >= 0.3 is 11.9 Å². The van der Waals surface area contributed by atoms with E-state index in [-0.39, 0.29) is 6.61 Å². The molecule has 0 saturated carbocycles. The molecule has 3 rings (SSSR count). The van der Waals surface area contributed by atoms with Gasteiger partial charge in [-0.2, -0.15) is 0 Å². The zero-order chi connectivity index (χ0) is 13.6. The van der Waals surface area contributed by atoms with E-state index < -0.39 is 29.9 Å². The molecule has 1 saturated heterocycles. The minimum atomic E-state index is -1.16. The predicted octanol–water partition coefficient (Wildman–Crippen LogP) is 0.0635. The van der Waals surface area contributed by atoms with E-state index in [4.69, 9.17) is 9.84 Å². The van der Waals surface area contributed by atoms with Gasteiger partial charge in [0.15, 0.2) is 6.04 Å². The summed E-state index contributed by atoms with van der Waals surface area (Å²) in [7, 11) is 0. The van der Waals surface area contributed by atoms with Crippen molar-refractivity contribution in [3.05, 3.63) is 35.4 Å². The molecule has 2 atom stereocenters. The van der Waals surface area contributed by atoms with Gasteiger partial charge in [0.25, 0.3) is 5.91 Å². The summed E-state index contributed by atoms with van der Waals surface area (Å²) >= 11 is 0. The summed E-state index contributed by atoms with van der Waals surface area (Å²) in [5.41, 5.74) is 1.21. The predicted molar refractivity (Wildman–Crippen MR) is 62.5 cm³/mol. The Balaban J connectivity index is 2.08. The van der Waals surface area contributed by atoms with Gasteiger partial charge in [0.1, 0.15) is 12.6 Å². The molecule has 2 aliphatic heterocycles. The maximum Gasteiger partial charge on any atom is 0.330 e. The molecule has 98 valence electrons. The molecule has 0 unspecified atom stereocenters. The number of amides is 1. The largest absolute Gasteiger partial charge is 0.480 e. The van der Waals surface area contributed by atoms with Crippen molar-refractivity contribution in [2.45, 2.75) is 18.5 Å². The molecule has 1 amide bonds. The summed E-state index contributed by atoms with van der Waals surface area (Å²) in [4.78, 5) is 36.4. The first kappa shape index (κ1) is 11.7. The fourth-order valence-corrected chi connectivity index (χ4v) is 2.58. The van der Waals surface area contributed by atoms with Crippen LogP contribution in [0.15, 0.2) is 24.3 Å². The summed E-state index contributed by atoms with van der Waals surface area (Å²) in [5, 5.41) is 9.14. The maximum absolute atomic E-state index is 12.4. The lowest BCUT2D eigenvalue weighted by Gasteiger charge is -2.41. The van der Waals surface area contributed by atoms with Crippen molar-refractivity contribution in [2.24, 2.45) is 0 Å². The van der Waals surface area contributed by atoms with Crippen LogP contribution in [0.25, 0.3) is 0 Å². The number of carboxylic acid groups (broad SMARTS) is 1. The molecular formula is C13H11NO5. The summed E-state index contributed by atoms with van der Waals surface area (Å²) in [6.45, 7) is -0.293. The molecule has 2 heterocycles. The van der Waals surface area contributed by atoms with Crippen molar-refractivity contribution in [2.75, 3.05) is 6.61 Å². The average molecular weight is 261 g/mol. The Labute approximate surface area is 108 Å². The number of benzene rings is 1. The highest BCUT2D eigenvalue weighted by atomic mass is 16.5. The lowest BCUT2D eigenvalue weighted by atomic mass is 9.91. The molecular weight excluding hydrogens is 250 g/mol. The number of hydrogen-bond acceptors (Lipinski definition) is 4. The highest BCUT2D eigenvalue weighted by Gasteiger charge is 2.47. The Hall–Kier alpha value is -2.37. The summed E-state index contributed by atoms with van der Waals surface area (Å²) in [6, 6.07) is 4.97. The van der Waals surface area contributed by atoms with E-state index in [9.17, 15) is 14.4 Å². The molecule has 6 nitrogen and oxygen atoms in total. The van der Waals surface area contributed by atoms with E-state index in [1.165, 1.54) is 0 Å². The normalized spacial score (nSPS) is 25.4. The van der Waals surface area contributed by atoms with E-state index in [1.54, 1.807) is 24.3 Å². The number of carbonyl (C=O) groups is 3. The quantitative estimate of drug-likeness (QED) is 0.723. The van der Waals surface area contributed by atoms with Crippen LogP contribution in [0.2, 0.25) is 0 Å². The fraction of sp³-hybridized carbons (Fsp3) is 0.308. The average Bonchev–Trinajstić information content (AvgIpc) is 2.40. The minimum absolute atomic E-state index is 0.293. The highest BCUT2D eigenvalue weighted by molar-refractivity contribution is 6.02. The first-order chi connectivity index (χ1) is 9.09. The Morgan fingerprint density at radius 1 is 1.32 bits per heavy atom. The van der Waals surface area contributed by atoms with E-state index in [0.717, 1.165) is 10.5 Å². The zero-order valence-electron chi connectivity index (χ0n) is 9.91. The number of aliphatic carboxylic acids is 1. The Bertz CT molecular complexity index is 582. The molecule has 2 aliphatic rings. The molecule has 1 N–H and O–H groups in total. The standard InChI is InChI=1S/C13H11NO5/c15-11-8-4-2-1-3-7(8)5-9-13(18)19-6-10(12(16)17)14(9)11/h1-4,9-10H,5-6H2,(H,16,17)/t9-,10-/m1/s1. The number of fused-ring (bicyclic) bond motifs is 2. The maximum atomic E-state index is 12.4. The second kappa shape index (κ2) is 4.08. The topological polar surface area (TPSA) is 83.9 Å². The molecule has 0 radical (unpaired) electrons. The number of carboxylic acids is 1. The van der Waals surface area contributed by atoms with Crippen molar-refractivity contribution < 1.29 is 24.2 Å². The van der Waals surface area contributed by atoms with Crippen LogP contribution in [0.3, 0.4) is 0 Å². The second-order valence-corrected chi connectivity index (χ2v) is 4.57. The molecule has 0 bridgehead atoms. The van der Waals surface area contributed by atoms with Crippen LogP contribution < -0.4 is 0 Å². The summed E-state index contributed by atoms with van der Waals surface area (Å²) < 4.78 is 4.87. The number of ether oxygens (including phenoxy) is 1. The van der Waals surface area contributed by atoms with Crippen molar-refractivity contribution in [1.82, 2.24) is 4.90 Å². The van der Waals surface area contributed by atoms with Gasteiger partial charge in [0.2, 0.25) is 0 Å². The number of nitrogens with zero attached hydrogens (tertiary/aromatic N) is 1. The van der Waals surface area contributed by atoms with Gasteiger partial charge < -0.3 is 14.7 Å². The van der Waals surface area contributed by atoms with Crippen molar-refractivity contribution in [1.29, 1.82) is 0 Å². The Kier molecular flexibility index (Phi) is 2.51. The van der Waals surface area contributed by atoms with E-state index >= 15 is 0 Å².